The molecule has 0 aliphatic carbocycles. The highest BCUT2D eigenvalue weighted by Gasteiger charge is 2.30. The lowest BCUT2D eigenvalue weighted by Crippen LogP contribution is -2.35. The van der Waals surface area contributed by atoms with Gasteiger partial charge >= 0.3 is 0 Å². The predicted molar refractivity (Wildman–Crippen MR) is 109 cm³/mol. The van der Waals surface area contributed by atoms with Gasteiger partial charge in [-0.25, -0.2) is 4.99 Å². The second kappa shape index (κ2) is 7.80. The van der Waals surface area contributed by atoms with Gasteiger partial charge in [0.25, 0.3) is 5.91 Å². The number of ether oxygens (including phenoxy) is 1. The molecule has 4 rings (SSSR count). The summed E-state index contributed by atoms with van der Waals surface area (Å²) in [6, 6.07) is 11.0. The average molecular weight is 404 g/mol. The molecule has 0 atom stereocenters. The number of anilines is 1. The van der Waals surface area contributed by atoms with Gasteiger partial charge < -0.3 is 14.1 Å². The third kappa shape index (κ3) is 4.05. The fourth-order valence-corrected chi connectivity index (χ4v) is 3.87. The third-order valence-electron chi connectivity index (χ3n) is 4.26. The number of aliphatic imine (C=N–C) groups is 1. The van der Waals surface area contributed by atoms with Gasteiger partial charge in [-0.05, 0) is 42.1 Å². The van der Waals surface area contributed by atoms with E-state index in [0.717, 1.165) is 24.7 Å². The molecule has 1 aromatic heterocycles. The molecule has 2 aromatic rings. The Morgan fingerprint density at radius 1 is 1.15 bits per heavy atom. The van der Waals surface area contributed by atoms with E-state index in [2.05, 4.69) is 9.89 Å². The van der Waals surface area contributed by atoms with Gasteiger partial charge in [0.1, 0.15) is 5.76 Å². The molecule has 2 aliphatic heterocycles. The number of likely N-dealkylation sites (N-methyl/N-ethyl adjacent to an activating group) is 1. The molecule has 0 radical (unpaired) electrons. The van der Waals surface area contributed by atoms with E-state index in [1.165, 1.54) is 16.7 Å². The minimum atomic E-state index is -0.1000. The molecule has 1 amide bonds. The van der Waals surface area contributed by atoms with Crippen molar-refractivity contribution in [2.45, 2.75) is 0 Å². The Bertz CT molecular complexity index is 901. The molecule has 2 saturated heterocycles. The number of halogens is 1. The number of benzene rings is 1. The molecule has 1 aromatic carbocycles. The van der Waals surface area contributed by atoms with Crippen LogP contribution in [0.5, 0.6) is 0 Å². The molecule has 0 saturated carbocycles. The Morgan fingerprint density at radius 3 is 2.63 bits per heavy atom. The number of nitrogens with zero attached hydrogens (tertiary/aromatic N) is 3. The number of hydrogen-bond donors (Lipinski definition) is 0. The molecule has 2 aliphatic rings. The monoisotopic (exact) mass is 403 g/mol. The highest BCUT2D eigenvalue weighted by Crippen LogP contribution is 2.34. The van der Waals surface area contributed by atoms with Gasteiger partial charge in [-0.1, -0.05) is 11.6 Å². The second-order valence-electron chi connectivity index (χ2n) is 6.12. The zero-order valence-corrected chi connectivity index (χ0v) is 16.3. The maximum atomic E-state index is 12.5. The first-order valence-corrected chi connectivity index (χ1v) is 9.74. The van der Waals surface area contributed by atoms with Gasteiger partial charge in [0.2, 0.25) is 0 Å². The number of carbonyl (C=O) groups excluding carboxylic acids is 1. The lowest BCUT2D eigenvalue weighted by molar-refractivity contribution is -0.121. The van der Waals surface area contributed by atoms with Crippen LogP contribution in [0.25, 0.3) is 6.08 Å². The van der Waals surface area contributed by atoms with Gasteiger partial charge in [0.05, 0.1) is 23.8 Å². The van der Waals surface area contributed by atoms with E-state index in [1.54, 1.807) is 25.3 Å². The van der Waals surface area contributed by atoms with Gasteiger partial charge in [-0.3, -0.25) is 9.69 Å². The van der Waals surface area contributed by atoms with Crippen molar-refractivity contribution in [1.29, 1.82) is 0 Å². The van der Waals surface area contributed by atoms with Crippen molar-refractivity contribution in [3.05, 3.63) is 52.1 Å². The third-order valence-corrected chi connectivity index (χ3v) is 5.58. The number of hydrogen-bond acceptors (Lipinski definition) is 6. The van der Waals surface area contributed by atoms with Gasteiger partial charge in [0, 0.05) is 37.3 Å². The van der Waals surface area contributed by atoms with E-state index in [-0.39, 0.29) is 5.91 Å². The molecule has 0 unspecified atom stereocenters. The summed E-state index contributed by atoms with van der Waals surface area (Å²) in [7, 11) is 1.71. The average Bonchev–Trinajstić information content (AvgIpc) is 3.26. The number of furan rings is 1. The summed E-state index contributed by atoms with van der Waals surface area (Å²) >= 11 is 7.23. The lowest BCUT2D eigenvalue weighted by Gasteiger charge is -2.26. The smallest absolute Gasteiger partial charge is 0.266 e. The van der Waals surface area contributed by atoms with Crippen LogP contribution in [0.3, 0.4) is 0 Å². The van der Waals surface area contributed by atoms with Gasteiger partial charge in [0.15, 0.2) is 11.1 Å². The lowest BCUT2D eigenvalue weighted by atomic mass is 10.3. The second-order valence-corrected chi connectivity index (χ2v) is 7.57. The fourth-order valence-electron chi connectivity index (χ4n) is 2.78. The normalized spacial score (nSPS) is 20.9. The first kappa shape index (κ1) is 18.2. The molecule has 3 heterocycles. The van der Waals surface area contributed by atoms with Crippen LogP contribution in [0.2, 0.25) is 5.02 Å². The zero-order valence-electron chi connectivity index (χ0n) is 14.7. The van der Waals surface area contributed by atoms with E-state index < -0.39 is 0 Å². The van der Waals surface area contributed by atoms with Crippen molar-refractivity contribution in [2.75, 3.05) is 38.3 Å². The van der Waals surface area contributed by atoms with Crippen LogP contribution in [0.1, 0.15) is 5.76 Å². The topological polar surface area (TPSA) is 58.3 Å². The number of morpholine rings is 1. The molecular formula is C19H18ClN3O3S. The molecule has 8 heteroatoms. The number of amides is 1. The molecule has 2 fully saturated rings. The summed E-state index contributed by atoms with van der Waals surface area (Å²) < 4.78 is 11.3. The van der Waals surface area contributed by atoms with E-state index in [9.17, 15) is 4.79 Å². The summed E-state index contributed by atoms with van der Waals surface area (Å²) in [5, 5.41) is 1.27. The van der Waals surface area contributed by atoms with Crippen molar-refractivity contribution in [3.8, 4) is 0 Å². The summed E-state index contributed by atoms with van der Waals surface area (Å²) in [5.41, 5.74) is 0.746. The number of amidine groups is 1. The van der Waals surface area contributed by atoms with Crippen molar-refractivity contribution in [2.24, 2.45) is 4.99 Å². The summed E-state index contributed by atoms with van der Waals surface area (Å²) in [5.74, 6) is 1.34. The van der Waals surface area contributed by atoms with Crippen LogP contribution in [-0.2, 0) is 9.53 Å². The Hall–Kier alpha value is -2.22. The van der Waals surface area contributed by atoms with Crippen LogP contribution >= 0.6 is 23.4 Å². The van der Waals surface area contributed by atoms with Crippen molar-refractivity contribution in [1.82, 2.24) is 4.90 Å². The highest BCUT2D eigenvalue weighted by atomic mass is 35.5. The number of carbonyl (C=O) groups is 1. The van der Waals surface area contributed by atoms with Gasteiger partial charge in [-0.15, -0.1) is 0 Å². The van der Waals surface area contributed by atoms with Crippen LogP contribution in [0.4, 0.5) is 11.6 Å². The maximum absolute atomic E-state index is 12.5. The number of rotatable bonds is 3. The van der Waals surface area contributed by atoms with Crippen molar-refractivity contribution in [3.63, 3.8) is 0 Å². The number of thioether (sulfide) groups is 1. The van der Waals surface area contributed by atoms with Crippen LogP contribution in [0.15, 0.2) is 50.7 Å². The van der Waals surface area contributed by atoms with Crippen LogP contribution in [0, 0.1) is 0 Å². The molecule has 27 heavy (non-hydrogen) atoms. The Labute approximate surface area is 166 Å². The molecule has 0 N–H and O–H groups in total. The molecule has 6 nitrogen and oxygen atoms in total. The predicted octanol–water partition coefficient (Wildman–Crippen LogP) is 4.00. The quantitative estimate of drug-likeness (QED) is 0.725. The van der Waals surface area contributed by atoms with E-state index in [4.69, 9.17) is 20.8 Å². The minimum Gasteiger partial charge on any atom is -0.441 e. The summed E-state index contributed by atoms with van der Waals surface area (Å²) in [6.45, 7) is 3.00. The van der Waals surface area contributed by atoms with Crippen molar-refractivity contribution < 1.29 is 13.9 Å². The van der Waals surface area contributed by atoms with Crippen LogP contribution < -0.4 is 4.90 Å². The SMILES string of the molecule is CN1C(=O)/C(=C\c2ccc(N3CCOCC3)o2)SC1=Nc1ccc(Cl)cc1. The Balaban J connectivity index is 1.53. The van der Waals surface area contributed by atoms with Gasteiger partial charge in [-0.2, -0.15) is 0 Å². The summed E-state index contributed by atoms with van der Waals surface area (Å²) in [4.78, 5) is 21.3. The standard InChI is InChI=1S/C19H18ClN3O3S/c1-22-18(24)16(27-19(22)21-14-4-2-13(20)3-5-14)12-15-6-7-17(26-15)23-8-10-25-11-9-23/h2-7,12H,8-11H2,1H3/b16-12+,21-19?. The maximum Gasteiger partial charge on any atom is 0.266 e. The molecule has 0 spiro atoms. The molecule has 0 bridgehead atoms. The molecular weight excluding hydrogens is 386 g/mol. The van der Waals surface area contributed by atoms with E-state index in [1.807, 2.05) is 24.3 Å². The fraction of sp³-hybridized carbons (Fsp3) is 0.263. The molecule has 140 valence electrons. The van der Waals surface area contributed by atoms with E-state index >= 15 is 0 Å². The first-order valence-electron chi connectivity index (χ1n) is 8.54. The first-order chi connectivity index (χ1) is 13.1. The minimum absolute atomic E-state index is 0.1000. The zero-order chi connectivity index (χ0) is 18.8. The Kier molecular flexibility index (Phi) is 5.24. The largest absolute Gasteiger partial charge is 0.441 e. The van der Waals surface area contributed by atoms with Crippen LogP contribution in [-0.4, -0.2) is 49.3 Å². The van der Waals surface area contributed by atoms with Crippen molar-refractivity contribution >= 4 is 52.1 Å². The summed E-state index contributed by atoms with van der Waals surface area (Å²) in [6.07, 6.45) is 1.76. The van der Waals surface area contributed by atoms with E-state index in [0.29, 0.717) is 34.1 Å². The highest BCUT2D eigenvalue weighted by molar-refractivity contribution is 8.18. The Morgan fingerprint density at radius 2 is 1.89 bits per heavy atom.